The molecule has 0 heterocycles. The van der Waals surface area contributed by atoms with Crippen LogP contribution in [0.25, 0.3) is 0 Å². The molecule has 11 heavy (non-hydrogen) atoms. The van der Waals surface area contributed by atoms with Crippen molar-refractivity contribution in [3.8, 4) is 0 Å². The van der Waals surface area contributed by atoms with Gasteiger partial charge in [0.15, 0.2) is 0 Å². The molecule has 2 N–H and O–H groups in total. The Morgan fingerprint density at radius 1 is 1.36 bits per heavy atom. The minimum atomic E-state index is 0.0416. The molecule has 0 saturated heterocycles. The van der Waals surface area contributed by atoms with Gasteiger partial charge in [-0.25, -0.2) is 0 Å². The van der Waals surface area contributed by atoms with Gasteiger partial charge in [-0.3, -0.25) is 0 Å². The van der Waals surface area contributed by atoms with Gasteiger partial charge in [0.2, 0.25) is 0 Å². The van der Waals surface area contributed by atoms with E-state index in [1.807, 2.05) is 6.07 Å². The molecule has 1 nitrogen and oxygen atoms in total. The molecule has 1 aliphatic carbocycles. The Kier molecular flexibility index (Phi) is 1.66. The number of nitrogens with two attached hydrogens (primary N) is 1. The van der Waals surface area contributed by atoms with E-state index in [0.717, 1.165) is 12.8 Å². The molecule has 0 amide bonds. The SMILES string of the molecule is NC1[C]CCc2ccccc21. The van der Waals surface area contributed by atoms with Gasteiger partial charge in [0.1, 0.15) is 0 Å². The molecule has 2 radical (unpaired) electrons. The Balaban J connectivity index is 2.44. The fourth-order valence-electron chi connectivity index (χ4n) is 1.54. The van der Waals surface area contributed by atoms with Crippen molar-refractivity contribution in [2.24, 2.45) is 5.73 Å². The van der Waals surface area contributed by atoms with Gasteiger partial charge in [0.25, 0.3) is 0 Å². The molecular formula is C10H11N. The van der Waals surface area contributed by atoms with Gasteiger partial charge < -0.3 is 5.73 Å². The van der Waals surface area contributed by atoms with Gasteiger partial charge in [0, 0.05) is 12.5 Å². The van der Waals surface area contributed by atoms with E-state index < -0.39 is 0 Å². The normalized spacial score (nSPS) is 22.8. The van der Waals surface area contributed by atoms with Crippen LogP contribution in [0.2, 0.25) is 0 Å². The Morgan fingerprint density at radius 2 is 2.18 bits per heavy atom. The van der Waals surface area contributed by atoms with Crippen molar-refractivity contribution >= 4 is 0 Å². The zero-order valence-corrected chi connectivity index (χ0v) is 6.38. The van der Waals surface area contributed by atoms with Crippen LogP contribution < -0.4 is 5.73 Å². The highest BCUT2D eigenvalue weighted by Crippen LogP contribution is 2.26. The number of hydrogen-bond donors (Lipinski definition) is 1. The first-order chi connectivity index (χ1) is 5.38. The second kappa shape index (κ2) is 2.67. The van der Waals surface area contributed by atoms with E-state index in [4.69, 9.17) is 5.73 Å². The lowest BCUT2D eigenvalue weighted by atomic mass is 9.88. The summed E-state index contributed by atoms with van der Waals surface area (Å²) in [5.41, 5.74) is 8.47. The third kappa shape index (κ3) is 1.16. The van der Waals surface area contributed by atoms with Crippen LogP contribution in [0, 0.1) is 6.42 Å². The molecule has 0 aromatic heterocycles. The molecule has 1 atom stereocenters. The highest BCUT2D eigenvalue weighted by atomic mass is 14.6. The number of fused-ring (bicyclic) bond motifs is 1. The largest absolute Gasteiger partial charge is 0.323 e. The lowest BCUT2D eigenvalue weighted by Gasteiger charge is -2.20. The molecule has 0 fully saturated rings. The van der Waals surface area contributed by atoms with Gasteiger partial charge in [-0.15, -0.1) is 0 Å². The number of hydrogen-bond acceptors (Lipinski definition) is 1. The van der Waals surface area contributed by atoms with Gasteiger partial charge in [-0.1, -0.05) is 24.3 Å². The molecule has 0 aliphatic heterocycles. The minimum Gasteiger partial charge on any atom is -0.323 e. The first kappa shape index (κ1) is 6.86. The van der Waals surface area contributed by atoms with Crippen LogP contribution in [0.5, 0.6) is 0 Å². The maximum absolute atomic E-state index is 5.84. The summed E-state index contributed by atoms with van der Waals surface area (Å²) < 4.78 is 0. The van der Waals surface area contributed by atoms with E-state index in [9.17, 15) is 0 Å². The average Bonchev–Trinajstić information content (AvgIpc) is 2.06. The molecule has 0 saturated carbocycles. The topological polar surface area (TPSA) is 26.0 Å². The van der Waals surface area contributed by atoms with Crippen LogP contribution in [0.1, 0.15) is 23.6 Å². The molecular weight excluding hydrogens is 134 g/mol. The lowest BCUT2D eigenvalue weighted by molar-refractivity contribution is 0.705. The van der Waals surface area contributed by atoms with Crippen LogP contribution in [-0.4, -0.2) is 0 Å². The number of aryl methyl sites for hydroxylation is 1. The van der Waals surface area contributed by atoms with Crippen molar-refractivity contribution in [2.75, 3.05) is 0 Å². The smallest absolute Gasteiger partial charge is 0.0367 e. The van der Waals surface area contributed by atoms with Crippen LogP contribution in [0.3, 0.4) is 0 Å². The van der Waals surface area contributed by atoms with Crippen molar-refractivity contribution in [1.82, 2.24) is 0 Å². The standard InChI is InChI=1S/C10H11N/c11-10-7-3-5-8-4-1-2-6-9(8)10/h1-2,4,6,10H,3,5,11H2. The monoisotopic (exact) mass is 145 g/mol. The van der Waals surface area contributed by atoms with Crippen LogP contribution in [0.4, 0.5) is 0 Å². The van der Waals surface area contributed by atoms with E-state index >= 15 is 0 Å². The molecule has 0 bridgehead atoms. The first-order valence-electron chi connectivity index (χ1n) is 3.95. The van der Waals surface area contributed by atoms with Gasteiger partial charge >= 0.3 is 0 Å². The van der Waals surface area contributed by atoms with E-state index in [-0.39, 0.29) is 6.04 Å². The molecule has 1 aliphatic rings. The fraction of sp³-hybridized carbons (Fsp3) is 0.300. The lowest BCUT2D eigenvalue weighted by Crippen LogP contribution is -2.17. The summed E-state index contributed by atoms with van der Waals surface area (Å²) in [6, 6.07) is 8.38. The van der Waals surface area contributed by atoms with Crippen molar-refractivity contribution in [2.45, 2.75) is 18.9 Å². The van der Waals surface area contributed by atoms with Crippen molar-refractivity contribution in [3.63, 3.8) is 0 Å². The maximum atomic E-state index is 5.84. The Bertz CT molecular complexity index is 255. The average molecular weight is 145 g/mol. The molecule has 1 unspecified atom stereocenters. The van der Waals surface area contributed by atoms with E-state index in [1.54, 1.807) is 0 Å². The molecule has 56 valence electrons. The van der Waals surface area contributed by atoms with Crippen LogP contribution >= 0.6 is 0 Å². The summed E-state index contributed by atoms with van der Waals surface area (Å²) in [5.74, 6) is 0. The summed E-state index contributed by atoms with van der Waals surface area (Å²) in [6.07, 6.45) is 5.32. The highest BCUT2D eigenvalue weighted by molar-refractivity contribution is 5.34. The second-order valence-electron chi connectivity index (χ2n) is 2.88. The summed E-state index contributed by atoms with van der Waals surface area (Å²) in [6.45, 7) is 0. The molecule has 2 rings (SSSR count). The third-order valence-electron chi connectivity index (χ3n) is 2.15. The van der Waals surface area contributed by atoms with Gasteiger partial charge in [-0.05, 0) is 24.0 Å². The van der Waals surface area contributed by atoms with Crippen LogP contribution in [-0.2, 0) is 6.42 Å². The van der Waals surface area contributed by atoms with E-state index in [0.29, 0.717) is 0 Å². The number of rotatable bonds is 0. The van der Waals surface area contributed by atoms with E-state index in [2.05, 4.69) is 24.6 Å². The van der Waals surface area contributed by atoms with Crippen molar-refractivity contribution in [1.29, 1.82) is 0 Å². The molecule has 0 spiro atoms. The Labute approximate surface area is 67.2 Å². The Hall–Kier alpha value is -0.820. The predicted molar refractivity (Wildman–Crippen MR) is 44.9 cm³/mol. The quantitative estimate of drug-likeness (QED) is 0.591. The van der Waals surface area contributed by atoms with Crippen molar-refractivity contribution in [3.05, 3.63) is 41.8 Å². The van der Waals surface area contributed by atoms with E-state index in [1.165, 1.54) is 11.1 Å². The summed E-state index contributed by atoms with van der Waals surface area (Å²) in [7, 11) is 0. The second-order valence-corrected chi connectivity index (χ2v) is 2.88. The summed E-state index contributed by atoms with van der Waals surface area (Å²) >= 11 is 0. The zero-order chi connectivity index (χ0) is 7.68. The van der Waals surface area contributed by atoms with Gasteiger partial charge in [0.05, 0.1) is 0 Å². The van der Waals surface area contributed by atoms with Gasteiger partial charge in [-0.2, -0.15) is 0 Å². The highest BCUT2D eigenvalue weighted by Gasteiger charge is 2.15. The molecule has 1 aromatic carbocycles. The zero-order valence-electron chi connectivity index (χ0n) is 6.38. The summed E-state index contributed by atoms with van der Waals surface area (Å²) in [5, 5.41) is 0. The molecule has 1 heteroatoms. The first-order valence-corrected chi connectivity index (χ1v) is 3.95. The fourth-order valence-corrected chi connectivity index (χ4v) is 1.54. The minimum absolute atomic E-state index is 0.0416. The summed E-state index contributed by atoms with van der Waals surface area (Å²) in [4.78, 5) is 0. The van der Waals surface area contributed by atoms with Crippen LogP contribution in [0.15, 0.2) is 24.3 Å². The molecule has 1 aromatic rings. The predicted octanol–water partition coefficient (Wildman–Crippen LogP) is 1.71. The van der Waals surface area contributed by atoms with Crippen molar-refractivity contribution < 1.29 is 0 Å². The third-order valence-corrected chi connectivity index (χ3v) is 2.15. The number of benzene rings is 1. The Morgan fingerprint density at radius 3 is 3.00 bits per heavy atom. The maximum Gasteiger partial charge on any atom is 0.0367 e.